The zero-order valence-electron chi connectivity index (χ0n) is 10.1. The van der Waals surface area contributed by atoms with E-state index >= 15 is 0 Å². The number of carbonyl (C=O) groups excluding carboxylic acids is 1. The summed E-state index contributed by atoms with van der Waals surface area (Å²) in [5.74, 6) is -0.0868. The number of carbonyl (C=O) groups is 1. The molecule has 0 spiro atoms. The highest BCUT2D eigenvalue weighted by atomic mass is 16.5. The van der Waals surface area contributed by atoms with E-state index < -0.39 is 5.97 Å². The molecule has 92 valence electrons. The molecule has 2 aromatic rings. The van der Waals surface area contributed by atoms with Crippen molar-refractivity contribution < 1.29 is 9.53 Å². The summed E-state index contributed by atoms with van der Waals surface area (Å²) in [7, 11) is 0. The summed E-state index contributed by atoms with van der Waals surface area (Å²) >= 11 is 0. The summed E-state index contributed by atoms with van der Waals surface area (Å²) in [6.07, 6.45) is 0. The Balaban J connectivity index is 2.50. The van der Waals surface area contributed by atoms with Gasteiger partial charge in [-0.25, -0.2) is 4.79 Å². The van der Waals surface area contributed by atoms with E-state index in [0.717, 1.165) is 10.8 Å². The van der Waals surface area contributed by atoms with Gasteiger partial charge in [0, 0.05) is 28.4 Å². The maximum atomic E-state index is 11.4. The van der Waals surface area contributed by atoms with E-state index in [4.69, 9.17) is 16.2 Å². The number of hydrogen-bond donors (Lipinski definition) is 2. The normalized spacial score (nSPS) is 10.3. The molecule has 0 aromatic heterocycles. The highest BCUT2D eigenvalue weighted by Crippen LogP contribution is 2.31. The molecular weight excluding hydrogens is 228 g/mol. The topological polar surface area (TPSA) is 78.3 Å². The van der Waals surface area contributed by atoms with E-state index in [0.29, 0.717) is 22.7 Å². The van der Waals surface area contributed by atoms with Gasteiger partial charge in [0.25, 0.3) is 0 Å². The van der Waals surface area contributed by atoms with Gasteiger partial charge >= 0.3 is 5.97 Å². The molecular formula is C14H14N2O2. The molecule has 0 radical (unpaired) electrons. The summed E-state index contributed by atoms with van der Waals surface area (Å²) in [5.41, 5.74) is 13.2. The Morgan fingerprint density at radius 1 is 1.22 bits per heavy atom. The second-order valence-electron chi connectivity index (χ2n) is 4.13. The van der Waals surface area contributed by atoms with Crippen LogP contribution in [0.4, 0.5) is 11.4 Å². The SMILES string of the molecule is C=C(C)C(=O)Oc1cc(N)c2c(N)cccc2c1. The molecule has 4 nitrogen and oxygen atoms in total. The second-order valence-corrected chi connectivity index (χ2v) is 4.13. The summed E-state index contributed by atoms with van der Waals surface area (Å²) in [6, 6.07) is 8.77. The highest BCUT2D eigenvalue weighted by molar-refractivity contribution is 6.03. The van der Waals surface area contributed by atoms with Gasteiger partial charge in [-0.2, -0.15) is 0 Å². The van der Waals surface area contributed by atoms with Gasteiger partial charge in [-0.15, -0.1) is 0 Å². The summed E-state index contributed by atoms with van der Waals surface area (Å²) in [5, 5.41) is 1.60. The van der Waals surface area contributed by atoms with Crippen LogP contribution in [0.25, 0.3) is 10.8 Å². The van der Waals surface area contributed by atoms with E-state index in [1.54, 1.807) is 25.1 Å². The molecule has 2 rings (SSSR count). The predicted molar refractivity (Wildman–Crippen MR) is 73.2 cm³/mol. The number of benzene rings is 2. The molecule has 0 bridgehead atoms. The third-order valence-electron chi connectivity index (χ3n) is 2.57. The minimum atomic E-state index is -0.474. The number of fused-ring (bicyclic) bond motifs is 1. The van der Waals surface area contributed by atoms with Gasteiger partial charge in [-0.3, -0.25) is 0 Å². The molecule has 0 aliphatic carbocycles. The number of nitrogen functional groups attached to an aromatic ring is 2. The second kappa shape index (κ2) is 4.41. The zero-order valence-corrected chi connectivity index (χ0v) is 10.1. The van der Waals surface area contributed by atoms with Crippen molar-refractivity contribution in [2.24, 2.45) is 0 Å². The van der Waals surface area contributed by atoms with E-state index in [1.165, 1.54) is 0 Å². The molecule has 0 atom stereocenters. The molecule has 0 aliphatic rings. The number of ether oxygens (including phenoxy) is 1. The summed E-state index contributed by atoms with van der Waals surface area (Å²) in [6.45, 7) is 5.11. The number of nitrogens with two attached hydrogens (primary N) is 2. The molecule has 0 amide bonds. The van der Waals surface area contributed by atoms with Gasteiger partial charge in [0.1, 0.15) is 5.75 Å². The molecule has 0 heterocycles. The van der Waals surface area contributed by atoms with Crippen LogP contribution < -0.4 is 16.2 Å². The fourth-order valence-electron chi connectivity index (χ4n) is 1.72. The molecule has 0 aliphatic heterocycles. The first-order valence-electron chi connectivity index (χ1n) is 5.44. The minimum absolute atomic E-state index is 0.334. The van der Waals surface area contributed by atoms with Gasteiger partial charge in [0.05, 0.1) is 0 Å². The van der Waals surface area contributed by atoms with E-state index in [9.17, 15) is 4.79 Å². The highest BCUT2D eigenvalue weighted by Gasteiger charge is 2.09. The largest absolute Gasteiger partial charge is 0.423 e. The van der Waals surface area contributed by atoms with Crippen LogP contribution in [0, 0.1) is 0 Å². The fraction of sp³-hybridized carbons (Fsp3) is 0.0714. The molecule has 0 saturated carbocycles. The van der Waals surface area contributed by atoms with Crippen LogP contribution in [0.1, 0.15) is 6.92 Å². The van der Waals surface area contributed by atoms with Crippen molar-refractivity contribution in [2.45, 2.75) is 6.92 Å². The Morgan fingerprint density at radius 2 is 1.94 bits per heavy atom. The first-order chi connectivity index (χ1) is 8.49. The quantitative estimate of drug-likeness (QED) is 0.367. The summed E-state index contributed by atoms with van der Waals surface area (Å²) < 4.78 is 5.15. The first-order valence-corrected chi connectivity index (χ1v) is 5.44. The monoisotopic (exact) mass is 242 g/mol. The lowest BCUT2D eigenvalue weighted by atomic mass is 10.1. The van der Waals surface area contributed by atoms with Gasteiger partial charge in [0.15, 0.2) is 0 Å². The lowest BCUT2D eigenvalue weighted by Gasteiger charge is -2.09. The van der Waals surface area contributed by atoms with Crippen molar-refractivity contribution >= 4 is 28.1 Å². The Kier molecular flexibility index (Phi) is 2.93. The average Bonchev–Trinajstić information content (AvgIpc) is 2.28. The Bertz CT molecular complexity index is 648. The fourth-order valence-corrected chi connectivity index (χ4v) is 1.72. The van der Waals surface area contributed by atoms with Crippen molar-refractivity contribution in [3.05, 3.63) is 42.5 Å². The van der Waals surface area contributed by atoms with Crippen LogP contribution in [-0.2, 0) is 4.79 Å². The third-order valence-corrected chi connectivity index (χ3v) is 2.57. The van der Waals surface area contributed by atoms with Crippen LogP contribution in [0.5, 0.6) is 5.75 Å². The Labute approximate surface area is 105 Å². The van der Waals surface area contributed by atoms with Crippen LogP contribution in [0.2, 0.25) is 0 Å². The van der Waals surface area contributed by atoms with Gasteiger partial charge < -0.3 is 16.2 Å². The lowest BCUT2D eigenvalue weighted by molar-refractivity contribution is -0.130. The smallest absolute Gasteiger partial charge is 0.338 e. The van der Waals surface area contributed by atoms with Gasteiger partial charge in [-0.1, -0.05) is 18.7 Å². The van der Waals surface area contributed by atoms with Crippen molar-refractivity contribution in [1.29, 1.82) is 0 Å². The van der Waals surface area contributed by atoms with Gasteiger partial charge in [-0.05, 0) is 24.4 Å². The van der Waals surface area contributed by atoms with Crippen molar-refractivity contribution in [1.82, 2.24) is 0 Å². The van der Waals surface area contributed by atoms with Crippen molar-refractivity contribution in [3.63, 3.8) is 0 Å². The minimum Gasteiger partial charge on any atom is -0.423 e. The molecule has 2 aromatic carbocycles. The Hall–Kier alpha value is -2.49. The molecule has 4 heteroatoms. The van der Waals surface area contributed by atoms with E-state index in [1.807, 2.05) is 12.1 Å². The van der Waals surface area contributed by atoms with Crippen LogP contribution >= 0.6 is 0 Å². The maximum absolute atomic E-state index is 11.4. The van der Waals surface area contributed by atoms with Crippen molar-refractivity contribution in [3.8, 4) is 5.75 Å². The number of esters is 1. The molecule has 0 fully saturated rings. The predicted octanol–water partition coefficient (Wildman–Crippen LogP) is 2.49. The molecule has 4 N–H and O–H groups in total. The molecule has 18 heavy (non-hydrogen) atoms. The van der Waals surface area contributed by atoms with E-state index in [2.05, 4.69) is 6.58 Å². The van der Waals surface area contributed by atoms with Crippen LogP contribution in [-0.4, -0.2) is 5.97 Å². The number of rotatable bonds is 2. The number of hydrogen-bond acceptors (Lipinski definition) is 4. The molecule has 0 saturated heterocycles. The van der Waals surface area contributed by atoms with Gasteiger partial charge in [0.2, 0.25) is 0 Å². The van der Waals surface area contributed by atoms with Crippen LogP contribution in [0.3, 0.4) is 0 Å². The maximum Gasteiger partial charge on any atom is 0.338 e. The Morgan fingerprint density at radius 3 is 2.61 bits per heavy atom. The van der Waals surface area contributed by atoms with E-state index in [-0.39, 0.29) is 0 Å². The first kappa shape index (κ1) is 12.0. The average molecular weight is 242 g/mol. The number of anilines is 2. The lowest BCUT2D eigenvalue weighted by Crippen LogP contribution is -2.08. The molecule has 0 unspecified atom stereocenters. The van der Waals surface area contributed by atoms with Crippen molar-refractivity contribution in [2.75, 3.05) is 11.5 Å². The third kappa shape index (κ3) is 2.13. The summed E-state index contributed by atoms with van der Waals surface area (Å²) in [4.78, 5) is 11.4. The standard InChI is InChI=1S/C14H14N2O2/c1-8(2)14(17)18-10-6-9-4-3-5-11(15)13(9)12(16)7-10/h3-7H,1,15-16H2,2H3. The zero-order chi connectivity index (χ0) is 13.3. The van der Waals surface area contributed by atoms with Crippen LogP contribution in [0.15, 0.2) is 42.5 Å².